The molecule has 17 heavy (non-hydrogen) atoms. The smallest absolute Gasteiger partial charge is 0.122 e. The number of hydrogen-bond acceptors (Lipinski definition) is 2. The molecule has 0 heterocycles. The van der Waals surface area contributed by atoms with E-state index in [2.05, 4.69) is 13.8 Å². The molecule has 0 aliphatic heterocycles. The standard InChI is InChI=1S/C14H21ClO2/c1-9(2)13(10(3)16)8-11-7-12(15)5-6-14(11)17-4/h5-7,9-10,13,16H,8H2,1-4H3. The largest absolute Gasteiger partial charge is 0.496 e. The molecule has 2 atom stereocenters. The van der Waals surface area contributed by atoms with Gasteiger partial charge in [-0.05, 0) is 48.9 Å². The maximum absolute atomic E-state index is 9.80. The summed E-state index contributed by atoms with van der Waals surface area (Å²) in [5.41, 5.74) is 1.06. The summed E-state index contributed by atoms with van der Waals surface area (Å²) in [6.45, 7) is 6.07. The predicted molar refractivity (Wildman–Crippen MR) is 71.7 cm³/mol. The first-order valence-corrected chi connectivity index (χ1v) is 6.34. The molecule has 3 heteroatoms. The van der Waals surface area contributed by atoms with E-state index in [0.29, 0.717) is 10.9 Å². The van der Waals surface area contributed by atoms with E-state index >= 15 is 0 Å². The van der Waals surface area contributed by atoms with Crippen LogP contribution in [0.1, 0.15) is 26.3 Å². The molecule has 0 fully saturated rings. The summed E-state index contributed by atoms with van der Waals surface area (Å²) >= 11 is 6.00. The minimum absolute atomic E-state index is 0.211. The van der Waals surface area contributed by atoms with Crippen molar-refractivity contribution in [1.29, 1.82) is 0 Å². The van der Waals surface area contributed by atoms with Gasteiger partial charge >= 0.3 is 0 Å². The van der Waals surface area contributed by atoms with Gasteiger partial charge in [-0.2, -0.15) is 0 Å². The SMILES string of the molecule is COc1ccc(Cl)cc1CC(C(C)C)C(C)O. The Kier molecular flexibility index (Phi) is 5.29. The maximum Gasteiger partial charge on any atom is 0.122 e. The molecule has 0 bridgehead atoms. The van der Waals surface area contributed by atoms with E-state index in [1.165, 1.54) is 0 Å². The van der Waals surface area contributed by atoms with Crippen LogP contribution in [0, 0.1) is 11.8 Å². The summed E-state index contributed by atoms with van der Waals surface area (Å²) in [6, 6.07) is 5.60. The number of ether oxygens (including phenoxy) is 1. The first kappa shape index (κ1) is 14.3. The Labute approximate surface area is 109 Å². The van der Waals surface area contributed by atoms with Gasteiger partial charge in [0.05, 0.1) is 13.2 Å². The first-order chi connectivity index (χ1) is 7.95. The van der Waals surface area contributed by atoms with E-state index in [4.69, 9.17) is 16.3 Å². The summed E-state index contributed by atoms with van der Waals surface area (Å²) in [7, 11) is 1.65. The highest BCUT2D eigenvalue weighted by molar-refractivity contribution is 6.30. The second kappa shape index (κ2) is 6.27. The number of aliphatic hydroxyl groups excluding tert-OH is 1. The number of methoxy groups -OCH3 is 1. The molecule has 1 aromatic carbocycles. The van der Waals surface area contributed by atoms with Crippen LogP contribution < -0.4 is 4.74 Å². The van der Waals surface area contributed by atoms with Crippen molar-refractivity contribution >= 4 is 11.6 Å². The van der Waals surface area contributed by atoms with Crippen LogP contribution in [0.2, 0.25) is 5.02 Å². The molecule has 1 aromatic rings. The van der Waals surface area contributed by atoms with Crippen LogP contribution in [0.15, 0.2) is 18.2 Å². The van der Waals surface area contributed by atoms with Gasteiger partial charge in [-0.3, -0.25) is 0 Å². The van der Waals surface area contributed by atoms with Gasteiger partial charge in [0.15, 0.2) is 0 Å². The Morgan fingerprint density at radius 3 is 2.41 bits per heavy atom. The molecule has 0 amide bonds. The van der Waals surface area contributed by atoms with Crippen LogP contribution in [0.3, 0.4) is 0 Å². The fraction of sp³-hybridized carbons (Fsp3) is 0.571. The van der Waals surface area contributed by atoms with Gasteiger partial charge in [-0.1, -0.05) is 25.4 Å². The average Bonchev–Trinajstić information content (AvgIpc) is 2.25. The summed E-state index contributed by atoms with van der Waals surface area (Å²) in [5.74, 6) is 1.46. The molecule has 96 valence electrons. The zero-order valence-corrected chi connectivity index (χ0v) is 11.7. The lowest BCUT2D eigenvalue weighted by molar-refractivity contribution is 0.0973. The van der Waals surface area contributed by atoms with E-state index in [1.807, 2.05) is 25.1 Å². The van der Waals surface area contributed by atoms with Crippen LogP contribution in [0.5, 0.6) is 5.75 Å². The Morgan fingerprint density at radius 2 is 1.94 bits per heavy atom. The van der Waals surface area contributed by atoms with Crippen molar-refractivity contribution in [2.75, 3.05) is 7.11 Å². The molecule has 2 unspecified atom stereocenters. The molecular weight excluding hydrogens is 236 g/mol. The van der Waals surface area contributed by atoms with Gasteiger partial charge in [0.25, 0.3) is 0 Å². The van der Waals surface area contributed by atoms with Gasteiger partial charge < -0.3 is 9.84 Å². The molecule has 0 aromatic heterocycles. The Hall–Kier alpha value is -0.730. The quantitative estimate of drug-likeness (QED) is 0.873. The van der Waals surface area contributed by atoms with Gasteiger partial charge in [0.2, 0.25) is 0 Å². The average molecular weight is 257 g/mol. The molecule has 2 nitrogen and oxygen atoms in total. The van der Waals surface area contributed by atoms with E-state index in [-0.39, 0.29) is 12.0 Å². The van der Waals surface area contributed by atoms with Crippen molar-refractivity contribution < 1.29 is 9.84 Å². The van der Waals surface area contributed by atoms with Crippen molar-refractivity contribution in [2.45, 2.75) is 33.3 Å². The van der Waals surface area contributed by atoms with E-state index < -0.39 is 0 Å². The fourth-order valence-corrected chi connectivity index (χ4v) is 2.32. The number of benzene rings is 1. The van der Waals surface area contributed by atoms with Crippen molar-refractivity contribution in [3.63, 3.8) is 0 Å². The number of aliphatic hydroxyl groups is 1. The molecule has 0 saturated carbocycles. The molecule has 0 aliphatic rings. The highest BCUT2D eigenvalue weighted by Crippen LogP contribution is 2.28. The first-order valence-electron chi connectivity index (χ1n) is 5.96. The molecule has 1 N–H and O–H groups in total. The zero-order valence-electron chi connectivity index (χ0n) is 10.9. The summed E-state index contributed by atoms with van der Waals surface area (Å²) < 4.78 is 5.32. The van der Waals surface area contributed by atoms with Gasteiger partial charge in [0, 0.05) is 5.02 Å². The second-order valence-electron chi connectivity index (χ2n) is 4.81. The third-order valence-electron chi connectivity index (χ3n) is 3.17. The summed E-state index contributed by atoms with van der Waals surface area (Å²) in [4.78, 5) is 0. The normalized spacial score (nSPS) is 14.8. The Bertz CT molecular complexity index is 353. The molecule has 0 radical (unpaired) electrons. The maximum atomic E-state index is 9.80. The molecule has 1 rings (SSSR count). The van der Waals surface area contributed by atoms with Crippen molar-refractivity contribution in [1.82, 2.24) is 0 Å². The zero-order chi connectivity index (χ0) is 13.0. The van der Waals surface area contributed by atoms with Crippen LogP contribution in [0.25, 0.3) is 0 Å². The summed E-state index contributed by atoms with van der Waals surface area (Å²) in [6.07, 6.45) is 0.442. The monoisotopic (exact) mass is 256 g/mol. The highest BCUT2D eigenvalue weighted by atomic mass is 35.5. The summed E-state index contributed by atoms with van der Waals surface area (Å²) in [5, 5.41) is 10.5. The Morgan fingerprint density at radius 1 is 1.29 bits per heavy atom. The fourth-order valence-electron chi connectivity index (χ4n) is 2.12. The van der Waals surface area contributed by atoms with E-state index in [1.54, 1.807) is 7.11 Å². The third kappa shape index (κ3) is 3.90. The topological polar surface area (TPSA) is 29.5 Å². The van der Waals surface area contributed by atoms with Crippen LogP contribution in [0.4, 0.5) is 0 Å². The molecule has 0 spiro atoms. The minimum Gasteiger partial charge on any atom is -0.496 e. The van der Waals surface area contributed by atoms with E-state index in [0.717, 1.165) is 17.7 Å². The van der Waals surface area contributed by atoms with Crippen LogP contribution in [-0.2, 0) is 6.42 Å². The van der Waals surface area contributed by atoms with Crippen LogP contribution >= 0.6 is 11.6 Å². The second-order valence-corrected chi connectivity index (χ2v) is 5.25. The lowest BCUT2D eigenvalue weighted by atomic mass is 9.85. The predicted octanol–water partition coefficient (Wildman–Crippen LogP) is 3.54. The van der Waals surface area contributed by atoms with Crippen molar-refractivity contribution in [3.8, 4) is 5.75 Å². The van der Waals surface area contributed by atoms with Gasteiger partial charge in [0.1, 0.15) is 5.75 Å². The lowest BCUT2D eigenvalue weighted by Crippen LogP contribution is -2.24. The van der Waals surface area contributed by atoms with Crippen molar-refractivity contribution in [3.05, 3.63) is 28.8 Å². The third-order valence-corrected chi connectivity index (χ3v) is 3.41. The molecule has 0 aliphatic carbocycles. The van der Waals surface area contributed by atoms with Crippen molar-refractivity contribution in [2.24, 2.45) is 11.8 Å². The number of halogens is 1. The lowest BCUT2D eigenvalue weighted by Gasteiger charge is -2.24. The molecule has 0 saturated heterocycles. The van der Waals surface area contributed by atoms with Gasteiger partial charge in [-0.25, -0.2) is 0 Å². The van der Waals surface area contributed by atoms with Gasteiger partial charge in [-0.15, -0.1) is 0 Å². The minimum atomic E-state index is -0.335. The number of rotatable bonds is 5. The Balaban J connectivity index is 2.95. The van der Waals surface area contributed by atoms with E-state index in [9.17, 15) is 5.11 Å². The molecular formula is C14H21ClO2. The highest BCUT2D eigenvalue weighted by Gasteiger charge is 2.21. The number of hydrogen-bond donors (Lipinski definition) is 1. The van der Waals surface area contributed by atoms with Crippen LogP contribution in [-0.4, -0.2) is 18.3 Å².